The van der Waals surface area contributed by atoms with Gasteiger partial charge in [-0.3, -0.25) is 5.10 Å². The highest BCUT2D eigenvalue weighted by Crippen LogP contribution is 2.21. The zero-order chi connectivity index (χ0) is 11.8. The molecule has 0 saturated carbocycles. The maximum atomic E-state index is 5.32. The summed E-state index contributed by atoms with van der Waals surface area (Å²) in [6, 6.07) is 1.88. The van der Waals surface area contributed by atoms with Crippen LogP contribution in [0.3, 0.4) is 0 Å². The van der Waals surface area contributed by atoms with Crippen LogP contribution in [0, 0.1) is 13.8 Å². The molecule has 0 amide bonds. The predicted octanol–water partition coefficient (Wildman–Crippen LogP) is 1.70. The van der Waals surface area contributed by atoms with Crippen molar-refractivity contribution < 1.29 is 4.42 Å². The first-order valence-electron chi connectivity index (χ1n) is 5.09. The van der Waals surface area contributed by atoms with Gasteiger partial charge in [-0.05, 0) is 6.92 Å². The molecule has 0 aliphatic carbocycles. The highest BCUT2D eigenvalue weighted by atomic mass is 16.4. The molecule has 0 fully saturated rings. The molecule has 3 aromatic heterocycles. The van der Waals surface area contributed by atoms with Gasteiger partial charge in [-0.15, -0.1) is 0 Å². The lowest BCUT2D eigenvalue weighted by Gasteiger charge is -1.99. The van der Waals surface area contributed by atoms with E-state index in [-0.39, 0.29) is 0 Å². The molecule has 0 unspecified atom stereocenters. The minimum absolute atomic E-state index is 0.465. The first kappa shape index (κ1) is 9.76. The van der Waals surface area contributed by atoms with Gasteiger partial charge in [0.25, 0.3) is 5.71 Å². The molecule has 7 heteroatoms. The molecule has 86 valence electrons. The Morgan fingerprint density at radius 3 is 2.94 bits per heavy atom. The summed E-state index contributed by atoms with van der Waals surface area (Å²) in [5, 5.41) is 9.98. The zero-order valence-electron chi connectivity index (χ0n) is 9.35. The van der Waals surface area contributed by atoms with Crippen LogP contribution >= 0.6 is 0 Å². The molecule has 0 aliphatic rings. The van der Waals surface area contributed by atoms with Crippen LogP contribution in [0.25, 0.3) is 11.2 Å². The summed E-state index contributed by atoms with van der Waals surface area (Å²) in [6.45, 7) is 3.69. The molecule has 0 atom stereocenters. The van der Waals surface area contributed by atoms with E-state index >= 15 is 0 Å². The second-order valence-corrected chi connectivity index (χ2v) is 3.67. The number of rotatable bonds is 2. The molecule has 0 bridgehead atoms. The van der Waals surface area contributed by atoms with E-state index in [4.69, 9.17) is 4.42 Å². The fourth-order valence-electron chi connectivity index (χ4n) is 1.55. The molecule has 0 spiro atoms. The Hall–Kier alpha value is -2.44. The predicted molar refractivity (Wildman–Crippen MR) is 60.9 cm³/mol. The molecule has 7 nitrogen and oxygen atoms in total. The van der Waals surface area contributed by atoms with Crippen molar-refractivity contribution in [3.8, 4) is 0 Å². The van der Waals surface area contributed by atoms with Crippen molar-refractivity contribution in [3.63, 3.8) is 0 Å². The van der Waals surface area contributed by atoms with Gasteiger partial charge in [-0.2, -0.15) is 10.1 Å². The Balaban J connectivity index is 2.05. The van der Waals surface area contributed by atoms with Gasteiger partial charge < -0.3 is 9.73 Å². The Morgan fingerprint density at radius 2 is 2.18 bits per heavy atom. The number of hydrogen-bond acceptors (Lipinski definition) is 6. The number of H-pyrrole nitrogens is 1. The molecule has 3 rings (SSSR count). The Kier molecular flexibility index (Phi) is 2.04. The summed E-state index contributed by atoms with van der Waals surface area (Å²) in [6.07, 6.45) is 1.43. The quantitative estimate of drug-likeness (QED) is 0.696. The number of aromatic amines is 1. The van der Waals surface area contributed by atoms with Crippen LogP contribution in [-0.2, 0) is 0 Å². The molecule has 0 aromatic carbocycles. The Labute approximate surface area is 96.3 Å². The van der Waals surface area contributed by atoms with E-state index in [1.807, 2.05) is 13.0 Å². The maximum Gasteiger partial charge on any atom is 0.252 e. The molecule has 3 heterocycles. The van der Waals surface area contributed by atoms with E-state index in [2.05, 4.69) is 30.5 Å². The van der Waals surface area contributed by atoms with E-state index in [1.165, 1.54) is 6.33 Å². The van der Waals surface area contributed by atoms with E-state index in [1.54, 1.807) is 6.92 Å². The molecule has 0 radical (unpaired) electrons. The number of aryl methyl sites for hydroxylation is 2. The number of nitrogens with one attached hydrogen (secondary N) is 2. The highest BCUT2D eigenvalue weighted by Gasteiger charge is 2.10. The molecular formula is C10H10N6O. The Morgan fingerprint density at radius 1 is 1.29 bits per heavy atom. The molecule has 17 heavy (non-hydrogen) atoms. The topological polar surface area (TPSA) is 92.5 Å². The summed E-state index contributed by atoms with van der Waals surface area (Å²) in [7, 11) is 0. The normalized spacial score (nSPS) is 10.9. The van der Waals surface area contributed by atoms with Crippen LogP contribution in [-0.4, -0.2) is 25.1 Å². The molecule has 2 N–H and O–H groups in total. The standard InChI is InChI=1S/C10H10N6O/c1-5-3-7(16-15-5)14-9-8-10(12-4-11-9)17-6(2)13-8/h3-4H,1-2H3,(H2,11,12,14,15,16). The van der Waals surface area contributed by atoms with Gasteiger partial charge in [-0.1, -0.05) is 0 Å². The van der Waals surface area contributed by atoms with Crippen molar-refractivity contribution in [2.45, 2.75) is 13.8 Å². The number of aromatic nitrogens is 5. The van der Waals surface area contributed by atoms with E-state index in [9.17, 15) is 0 Å². The summed E-state index contributed by atoms with van der Waals surface area (Å²) in [4.78, 5) is 12.4. The van der Waals surface area contributed by atoms with Crippen molar-refractivity contribution in [2.24, 2.45) is 0 Å². The van der Waals surface area contributed by atoms with Gasteiger partial charge >= 0.3 is 0 Å². The lowest BCUT2D eigenvalue weighted by Crippen LogP contribution is -1.95. The smallest absolute Gasteiger partial charge is 0.252 e. The third kappa shape index (κ3) is 1.71. The number of fused-ring (bicyclic) bond motifs is 1. The first-order valence-corrected chi connectivity index (χ1v) is 5.09. The van der Waals surface area contributed by atoms with Gasteiger partial charge in [0.1, 0.15) is 6.33 Å². The lowest BCUT2D eigenvalue weighted by molar-refractivity contribution is 0.551. The average molecular weight is 230 g/mol. The number of oxazole rings is 1. The number of hydrogen-bond donors (Lipinski definition) is 2. The third-order valence-corrected chi connectivity index (χ3v) is 2.25. The average Bonchev–Trinajstić information content (AvgIpc) is 2.84. The van der Waals surface area contributed by atoms with Crippen LogP contribution in [0.4, 0.5) is 11.6 Å². The Bertz CT molecular complexity index is 670. The minimum atomic E-state index is 0.465. The van der Waals surface area contributed by atoms with Crippen molar-refractivity contribution in [3.05, 3.63) is 24.0 Å². The van der Waals surface area contributed by atoms with E-state index in [0.29, 0.717) is 28.8 Å². The largest absolute Gasteiger partial charge is 0.422 e. The van der Waals surface area contributed by atoms with Crippen LogP contribution < -0.4 is 5.32 Å². The lowest BCUT2D eigenvalue weighted by atomic mass is 10.4. The van der Waals surface area contributed by atoms with E-state index in [0.717, 1.165) is 5.69 Å². The second kappa shape index (κ2) is 3.55. The van der Waals surface area contributed by atoms with Gasteiger partial charge in [0.15, 0.2) is 23.0 Å². The monoisotopic (exact) mass is 230 g/mol. The fraction of sp³-hybridized carbons (Fsp3) is 0.200. The second-order valence-electron chi connectivity index (χ2n) is 3.67. The molecule has 3 aromatic rings. The zero-order valence-corrected chi connectivity index (χ0v) is 9.35. The van der Waals surface area contributed by atoms with Crippen molar-refractivity contribution >= 4 is 22.9 Å². The van der Waals surface area contributed by atoms with Gasteiger partial charge in [0.2, 0.25) is 0 Å². The SMILES string of the molecule is Cc1cc(Nc2ncnc3oc(C)nc23)n[nH]1. The van der Waals surface area contributed by atoms with E-state index < -0.39 is 0 Å². The van der Waals surface area contributed by atoms with Crippen molar-refractivity contribution in [1.29, 1.82) is 0 Å². The van der Waals surface area contributed by atoms with Crippen molar-refractivity contribution in [1.82, 2.24) is 25.1 Å². The molecule has 0 aliphatic heterocycles. The van der Waals surface area contributed by atoms with Crippen LogP contribution in [0.2, 0.25) is 0 Å². The highest BCUT2D eigenvalue weighted by molar-refractivity contribution is 5.83. The van der Waals surface area contributed by atoms with Gasteiger partial charge in [0.05, 0.1) is 0 Å². The summed E-state index contributed by atoms with van der Waals surface area (Å²) in [5.41, 5.74) is 2.03. The minimum Gasteiger partial charge on any atom is -0.422 e. The molecular weight excluding hydrogens is 220 g/mol. The fourth-order valence-corrected chi connectivity index (χ4v) is 1.55. The number of nitrogens with zero attached hydrogens (tertiary/aromatic N) is 4. The maximum absolute atomic E-state index is 5.32. The molecule has 0 saturated heterocycles. The van der Waals surface area contributed by atoms with Crippen LogP contribution in [0.5, 0.6) is 0 Å². The third-order valence-electron chi connectivity index (χ3n) is 2.25. The summed E-state index contributed by atoms with van der Waals surface area (Å²) in [5.74, 6) is 1.82. The number of anilines is 2. The van der Waals surface area contributed by atoms with Gasteiger partial charge in [-0.25, -0.2) is 9.97 Å². The van der Waals surface area contributed by atoms with Crippen LogP contribution in [0.15, 0.2) is 16.8 Å². The first-order chi connectivity index (χ1) is 8.22. The van der Waals surface area contributed by atoms with Gasteiger partial charge in [0, 0.05) is 18.7 Å². The summed E-state index contributed by atoms with van der Waals surface area (Å²) >= 11 is 0. The summed E-state index contributed by atoms with van der Waals surface area (Å²) < 4.78 is 5.32. The van der Waals surface area contributed by atoms with Crippen molar-refractivity contribution in [2.75, 3.05) is 5.32 Å². The van der Waals surface area contributed by atoms with Crippen LogP contribution in [0.1, 0.15) is 11.6 Å².